The topological polar surface area (TPSA) is 81.9 Å². The van der Waals surface area contributed by atoms with Crippen molar-refractivity contribution in [3.63, 3.8) is 0 Å². The van der Waals surface area contributed by atoms with Crippen molar-refractivity contribution in [1.29, 1.82) is 0 Å². The summed E-state index contributed by atoms with van der Waals surface area (Å²) < 4.78 is 15.7. The molecule has 7 nitrogen and oxygen atoms in total. The smallest absolute Gasteiger partial charge is 0.258 e. The average Bonchev–Trinajstić information content (AvgIpc) is 3.33. The number of hydrogen-bond donors (Lipinski definition) is 1. The van der Waals surface area contributed by atoms with Gasteiger partial charge in [-0.15, -0.1) is 0 Å². The van der Waals surface area contributed by atoms with Gasteiger partial charge in [0.1, 0.15) is 16.8 Å². The van der Waals surface area contributed by atoms with Gasteiger partial charge in [0.25, 0.3) is 5.91 Å². The molecule has 0 saturated heterocycles. The second-order valence-electron chi connectivity index (χ2n) is 5.99. The van der Waals surface area contributed by atoms with Crippen molar-refractivity contribution in [2.24, 2.45) is 7.05 Å². The standard InChI is InChI=1S/C19H17N5O2S/c1-24-17(9-10-20-24)19(13-5-3-2-4-6-13)21-18(25)12-26-14-7-8-15-16(11-14)23-27-22-15/h2-11,19H,12H2,1H3,(H,21,25)/t19-/m0/s1. The van der Waals surface area contributed by atoms with Gasteiger partial charge in [-0.3, -0.25) is 9.48 Å². The highest BCUT2D eigenvalue weighted by Crippen LogP contribution is 2.22. The van der Waals surface area contributed by atoms with E-state index >= 15 is 0 Å². The molecule has 4 rings (SSSR count). The van der Waals surface area contributed by atoms with Crippen molar-refractivity contribution >= 4 is 28.7 Å². The Balaban J connectivity index is 1.47. The first-order chi connectivity index (χ1) is 13.2. The summed E-state index contributed by atoms with van der Waals surface area (Å²) in [5.74, 6) is 0.365. The van der Waals surface area contributed by atoms with Crippen molar-refractivity contribution < 1.29 is 9.53 Å². The summed E-state index contributed by atoms with van der Waals surface area (Å²) in [6, 6.07) is 16.8. The normalized spacial score (nSPS) is 12.0. The van der Waals surface area contributed by atoms with Crippen LogP contribution in [0.5, 0.6) is 5.75 Å². The van der Waals surface area contributed by atoms with E-state index in [2.05, 4.69) is 19.2 Å². The van der Waals surface area contributed by atoms with E-state index in [-0.39, 0.29) is 18.6 Å². The van der Waals surface area contributed by atoms with Gasteiger partial charge in [0.05, 0.1) is 23.5 Å². The second-order valence-corrected chi connectivity index (χ2v) is 6.52. The fourth-order valence-electron chi connectivity index (χ4n) is 2.84. The Labute approximate surface area is 159 Å². The first-order valence-corrected chi connectivity index (χ1v) is 9.11. The molecular formula is C19H17N5O2S. The Morgan fingerprint density at radius 3 is 2.74 bits per heavy atom. The zero-order chi connectivity index (χ0) is 18.6. The molecule has 136 valence electrons. The Morgan fingerprint density at radius 2 is 1.96 bits per heavy atom. The minimum atomic E-state index is -0.306. The molecule has 2 aromatic heterocycles. The zero-order valence-electron chi connectivity index (χ0n) is 14.6. The number of rotatable bonds is 6. The van der Waals surface area contributed by atoms with E-state index in [0.29, 0.717) is 5.75 Å². The van der Waals surface area contributed by atoms with E-state index < -0.39 is 0 Å². The van der Waals surface area contributed by atoms with E-state index in [4.69, 9.17) is 4.74 Å². The molecule has 27 heavy (non-hydrogen) atoms. The molecule has 8 heteroatoms. The highest BCUT2D eigenvalue weighted by molar-refractivity contribution is 7.00. The van der Waals surface area contributed by atoms with Crippen molar-refractivity contribution in [3.05, 3.63) is 72.1 Å². The summed E-state index contributed by atoms with van der Waals surface area (Å²) in [6.07, 6.45) is 1.71. The Bertz CT molecular complexity index is 1060. The fourth-order valence-corrected chi connectivity index (χ4v) is 3.36. The highest BCUT2D eigenvalue weighted by Gasteiger charge is 2.20. The third kappa shape index (κ3) is 3.80. The van der Waals surface area contributed by atoms with Crippen molar-refractivity contribution in [2.75, 3.05) is 6.61 Å². The lowest BCUT2D eigenvalue weighted by molar-refractivity contribution is -0.123. The molecule has 1 N–H and O–H groups in total. The van der Waals surface area contributed by atoms with Crippen LogP contribution in [0, 0.1) is 0 Å². The fraction of sp³-hybridized carbons (Fsp3) is 0.158. The third-order valence-electron chi connectivity index (χ3n) is 4.19. The van der Waals surface area contributed by atoms with Crippen LogP contribution in [0.2, 0.25) is 0 Å². The molecule has 0 bridgehead atoms. The molecule has 4 aromatic rings. The molecule has 0 unspecified atom stereocenters. The molecule has 0 fully saturated rings. The maximum Gasteiger partial charge on any atom is 0.258 e. The largest absolute Gasteiger partial charge is 0.484 e. The Morgan fingerprint density at radius 1 is 1.15 bits per heavy atom. The SMILES string of the molecule is Cn1nccc1[C@@H](NC(=O)COc1ccc2nsnc2c1)c1ccccc1. The first kappa shape index (κ1) is 17.2. The van der Waals surface area contributed by atoms with Crippen LogP contribution in [0.3, 0.4) is 0 Å². The van der Waals surface area contributed by atoms with Crippen LogP contribution in [0.15, 0.2) is 60.8 Å². The summed E-state index contributed by atoms with van der Waals surface area (Å²) in [5, 5.41) is 7.24. The van der Waals surface area contributed by atoms with Gasteiger partial charge in [-0.1, -0.05) is 30.3 Å². The van der Waals surface area contributed by atoms with Gasteiger partial charge < -0.3 is 10.1 Å². The third-order valence-corrected chi connectivity index (χ3v) is 4.74. The highest BCUT2D eigenvalue weighted by atomic mass is 32.1. The van der Waals surface area contributed by atoms with Crippen molar-refractivity contribution in [1.82, 2.24) is 23.8 Å². The molecule has 0 spiro atoms. The number of aromatic nitrogens is 4. The van der Waals surface area contributed by atoms with E-state index in [1.54, 1.807) is 23.0 Å². The molecule has 0 aliphatic heterocycles. The van der Waals surface area contributed by atoms with E-state index in [1.807, 2.05) is 49.5 Å². The first-order valence-electron chi connectivity index (χ1n) is 8.38. The van der Waals surface area contributed by atoms with Crippen LogP contribution in [-0.4, -0.2) is 31.0 Å². The van der Waals surface area contributed by atoms with Crippen LogP contribution in [0.25, 0.3) is 11.0 Å². The summed E-state index contributed by atoms with van der Waals surface area (Å²) in [4.78, 5) is 12.5. The van der Waals surface area contributed by atoms with E-state index in [0.717, 1.165) is 34.0 Å². The molecule has 1 atom stereocenters. The lowest BCUT2D eigenvalue weighted by Crippen LogP contribution is -2.34. The maximum atomic E-state index is 12.5. The van der Waals surface area contributed by atoms with Crippen LogP contribution >= 0.6 is 11.7 Å². The van der Waals surface area contributed by atoms with Crippen LogP contribution in [-0.2, 0) is 11.8 Å². The van der Waals surface area contributed by atoms with Gasteiger partial charge in [-0.25, -0.2) is 0 Å². The predicted molar refractivity (Wildman–Crippen MR) is 103 cm³/mol. The summed E-state index contributed by atoms with van der Waals surface area (Å²) >= 11 is 1.15. The monoisotopic (exact) mass is 379 g/mol. The minimum absolute atomic E-state index is 0.0930. The van der Waals surface area contributed by atoms with Gasteiger partial charge in [0, 0.05) is 19.3 Å². The lowest BCUT2D eigenvalue weighted by Gasteiger charge is -2.19. The molecule has 0 aliphatic rings. The number of benzene rings is 2. The number of carbonyl (C=O) groups is 1. The maximum absolute atomic E-state index is 12.5. The van der Waals surface area contributed by atoms with E-state index in [1.165, 1.54) is 0 Å². The van der Waals surface area contributed by atoms with Gasteiger partial charge in [0.15, 0.2) is 6.61 Å². The number of amides is 1. The van der Waals surface area contributed by atoms with Crippen LogP contribution < -0.4 is 10.1 Å². The number of nitrogens with zero attached hydrogens (tertiary/aromatic N) is 4. The average molecular weight is 379 g/mol. The van der Waals surface area contributed by atoms with Crippen molar-refractivity contribution in [3.8, 4) is 5.75 Å². The molecule has 0 aliphatic carbocycles. The van der Waals surface area contributed by atoms with Gasteiger partial charge in [0.2, 0.25) is 0 Å². The number of carbonyl (C=O) groups excluding carboxylic acids is 1. The second kappa shape index (κ2) is 7.55. The number of fused-ring (bicyclic) bond motifs is 1. The molecule has 0 radical (unpaired) electrons. The quantitative estimate of drug-likeness (QED) is 0.557. The lowest BCUT2D eigenvalue weighted by atomic mass is 10.0. The van der Waals surface area contributed by atoms with Crippen LogP contribution in [0.1, 0.15) is 17.3 Å². The number of ether oxygens (including phenoxy) is 1. The Hall–Kier alpha value is -3.26. The van der Waals surface area contributed by atoms with Crippen molar-refractivity contribution in [2.45, 2.75) is 6.04 Å². The molecule has 2 aromatic carbocycles. The molecule has 2 heterocycles. The summed E-state index contributed by atoms with van der Waals surface area (Å²) in [7, 11) is 1.85. The zero-order valence-corrected chi connectivity index (χ0v) is 15.4. The summed E-state index contributed by atoms with van der Waals surface area (Å²) in [5.41, 5.74) is 3.45. The minimum Gasteiger partial charge on any atom is -0.484 e. The van der Waals surface area contributed by atoms with Gasteiger partial charge in [-0.05, 0) is 23.8 Å². The summed E-state index contributed by atoms with van der Waals surface area (Å²) in [6.45, 7) is -0.0930. The van der Waals surface area contributed by atoms with E-state index in [9.17, 15) is 4.79 Å². The number of nitrogens with one attached hydrogen (secondary N) is 1. The number of hydrogen-bond acceptors (Lipinski definition) is 6. The van der Waals surface area contributed by atoms with Gasteiger partial charge >= 0.3 is 0 Å². The Kier molecular flexibility index (Phi) is 4.80. The molecular weight excluding hydrogens is 362 g/mol. The predicted octanol–water partition coefficient (Wildman–Crippen LogP) is 2.71. The molecule has 1 amide bonds. The number of aryl methyl sites for hydroxylation is 1. The van der Waals surface area contributed by atoms with Crippen LogP contribution in [0.4, 0.5) is 0 Å². The molecule has 0 saturated carbocycles. The van der Waals surface area contributed by atoms with Gasteiger partial charge in [-0.2, -0.15) is 13.8 Å².